The molecule has 2 N–H and O–H groups in total. The van der Waals surface area contributed by atoms with Crippen LogP contribution >= 0.6 is 0 Å². The van der Waals surface area contributed by atoms with Gasteiger partial charge in [0.05, 0.1) is 11.4 Å². The Labute approximate surface area is 105 Å². The summed E-state index contributed by atoms with van der Waals surface area (Å²) in [7, 11) is -1.32. The van der Waals surface area contributed by atoms with E-state index in [2.05, 4.69) is 10.6 Å². The first-order valence-electron chi connectivity index (χ1n) is 5.91. The molecule has 0 fully saturated rings. The molecule has 0 spiro atoms. The third-order valence-corrected chi connectivity index (χ3v) is 4.90. The van der Waals surface area contributed by atoms with E-state index in [4.69, 9.17) is 4.74 Å². The summed E-state index contributed by atoms with van der Waals surface area (Å²) in [5, 5.41) is 6.40. The van der Waals surface area contributed by atoms with Gasteiger partial charge in [0, 0.05) is 26.5 Å². The number of hydrogen-bond acceptors (Lipinski definition) is 5. The molecule has 0 radical (unpaired) electrons. The quantitative estimate of drug-likeness (QED) is 0.546. The average molecular weight is 266 g/mol. The van der Waals surface area contributed by atoms with Crippen LogP contribution in [0.25, 0.3) is 0 Å². The van der Waals surface area contributed by atoms with Gasteiger partial charge >= 0.3 is 0 Å². The summed E-state index contributed by atoms with van der Waals surface area (Å²) in [6.45, 7) is 7.27. The molecule has 17 heavy (non-hydrogen) atoms. The lowest BCUT2D eigenvalue weighted by Gasteiger charge is -2.22. The van der Waals surface area contributed by atoms with Gasteiger partial charge in [0.2, 0.25) is 0 Å². The summed E-state index contributed by atoms with van der Waals surface area (Å²) in [4.78, 5) is 0. The Kier molecular flexibility index (Phi) is 7.94. The predicted molar refractivity (Wildman–Crippen MR) is 71.2 cm³/mol. The topological polar surface area (TPSA) is 67.4 Å². The maximum absolute atomic E-state index is 11.4. The highest BCUT2D eigenvalue weighted by molar-refractivity contribution is 7.92. The van der Waals surface area contributed by atoms with Crippen molar-refractivity contribution < 1.29 is 13.2 Å². The number of nitrogens with one attached hydrogen (secondary N) is 2. The second-order valence-electron chi connectivity index (χ2n) is 4.80. The van der Waals surface area contributed by atoms with Crippen LogP contribution in [0.15, 0.2) is 0 Å². The number of methoxy groups -OCH3 is 1. The van der Waals surface area contributed by atoms with Crippen LogP contribution in [0.5, 0.6) is 0 Å². The number of ether oxygens (including phenoxy) is 1. The van der Waals surface area contributed by atoms with Gasteiger partial charge in [-0.25, -0.2) is 8.42 Å². The molecule has 6 heteroatoms. The second kappa shape index (κ2) is 8.02. The fraction of sp³-hybridized carbons (Fsp3) is 1.00. The Bertz CT molecular complexity index is 289. The van der Waals surface area contributed by atoms with Crippen LogP contribution in [0.1, 0.15) is 20.3 Å². The van der Waals surface area contributed by atoms with E-state index in [1.807, 2.05) is 0 Å². The van der Waals surface area contributed by atoms with Gasteiger partial charge in [-0.1, -0.05) is 0 Å². The van der Waals surface area contributed by atoms with Gasteiger partial charge in [0.25, 0.3) is 0 Å². The van der Waals surface area contributed by atoms with Crippen molar-refractivity contribution in [3.8, 4) is 0 Å². The van der Waals surface area contributed by atoms with Crippen molar-refractivity contribution in [1.82, 2.24) is 10.6 Å². The van der Waals surface area contributed by atoms with Gasteiger partial charge in [-0.15, -0.1) is 0 Å². The SMILES string of the molecule is COCCNCCCNCC(C)(C)S(C)(=O)=O. The van der Waals surface area contributed by atoms with Crippen LogP contribution in [0.3, 0.4) is 0 Å². The van der Waals surface area contributed by atoms with Crippen LogP contribution < -0.4 is 10.6 Å². The molecule has 0 bridgehead atoms. The zero-order valence-electron chi connectivity index (χ0n) is 11.4. The third-order valence-electron chi connectivity index (χ3n) is 2.74. The predicted octanol–water partition coefficient (Wildman–Crippen LogP) is 0.0253. The molecule has 0 aromatic heterocycles. The van der Waals surface area contributed by atoms with Crippen molar-refractivity contribution in [3.63, 3.8) is 0 Å². The van der Waals surface area contributed by atoms with Gasteiger partial charge in [-0.2, -0.15) is 0 Å². The molecule has 0 rings (SSSR count). The Morgan fingerprint density at radius 2 is 1.71 bits per heavy atom. The summed E-state index contributed by atoms with van der Waals surface area (Å²) < 4.78 is 27.1. The lowest BCUT2D eigenvalue weighted by molar-refractivity contribution is 0.199. The smallest absolute Gasteiger partial charge is 0.153 e. The van der Waals surface area contributed by atoms with E-state index < -0.39 is 14.6 Å². The van der Waals surface area contributed by atoms with Gasteiger partial charge in [-0.3, -0.25) is 0 Å². The zero-order chi connectivity index (χ0) is 13.4. The molecule has 0 aromatic rings. The number of hydrogen-bond donors (Lipinski definition) is 2. The van der Waals surface area contributed by atoms with E-state index in [0.29, 0.717) is 13.2 Å². The van der Waals surface area contributed by atoms with E-state index in [1.165, 1.54) is 6.26 Å². The fourth-order valence-corrected chi connectivity index (χ4v) is 1.52. The molecule has 0 aliphatic rings. The van der Waals surface area contributed by atoms with E-state index in [-0.39, 0.29) is 0 Å². The van der Waals surface area contributed by atoms with E-state index in [1.54, 1.807) is 21.0 Å². The van der Waals surface area contributed by atoms with Crippen LogP contribution in [-0.4, -0.2) is 59.3 Å². The van der Waals surface area contributed by atoms with Crippen LogP contribution in [0.2, 0.25) is 0 Å². The molecule has 0 unspecified atom stereocenters. The van der Waals surface area contributed by atoms with Crippen molar-refractivity contribution in [2.75, 3.05) is 46.2 Å². The lowest BCUT2D eigenvalue weighted by atomic mass is 10.2. The number of rotatable bonds is 10. The summed E-state index contributed by atoms with van der Waals surface area (Å²) in [5.41, 5.74) is 0. The Hall–Kier alpha value is -0.170. The highest BCUT2D eigenvalue weighted by Gasteiger charge is 2.29. The van der Waals surface area contributed by atoms with Gasteiger partial charge in [0.1, 0.15) is 0 Å². The first-order valence-corrected chi connectivity index (χ1v) is 7.80. The molecule has 0 amide bonds. The molecule has 5 nitrogen and oxygen atoms in total. The average Bonchev–Trinajstić information content (AvgIpc) is 2.20. The molecule has 0 saturated heterocycles. The molecule has 0 saturated carbocycles. The maximum Gasteiger partial charge on any atom is 0.153 e. The van der Waals surface area contributed by atoms with E-state index >= 15 is 0 Å². The largest absolute Gasteiger partial charge is 0.383 e. The Morgan fingerprint density at radius 1 is 1.12 bits per heavy atom. The van der Waals surface area contributed by atoms with Crippen LogP contribution in [-0.2, 0) is 14.6 Å². The fourth-order valence-electron chi connectivity index (χ4n) is 1.16. The maximum atomic E-state index is 11.4. The highest BCUT2D eigenvalue weighted by Crippen LogP contribution is 2.12. The number of sulfone groups is 1. The monoisotopic (exact) mass is 266 g/mol. The molecular weight excluding hydrogens is 240 g/mol. The Balaban J connectivity index is 3.52. The minimum atomic E-state index is -3.00. The van der Waals surface area contributed by atoms with Crippen molar-refractivity contribution in [2.24, 2.45) is 0 Å². The molecular formula is C11H26N2O3S. The zero-order valence-corrected chi connectivity index (χ0v) is 12.2. The van der Waals surface area contributed by atoms with Crippen molar-refractivity contribution in [2.45, 2.75) is 25.0 Å². The molecule has 0 aliphatic carbocycles. The van der Waals surface area contributed by atoms with E-state index in [0.717, 1.165) is 26.1 Å². The molecule has 104 valence electrons. The normalized spacial score (nSPS) is 12.9. The third kappa shape index (κ3) is 7.70. The van der Waals surface area contributed by atoms with Crippen molar-refractivity contribution in [1.29, 1.82) is 0 Å². The minimum absolute atomic E-state index is 0.490. The molecule has 0 atom stereocenters. The molecule has 0 aliphatic heterocycles. The first-order chi connectivity index (χ1) is 7.81. The molecule has 0 aromatic carbocycles. The Morgan fingerprint density at radius 3 is 2.24 bits per heavy atom. The lowest BCUT2D eigenvalue weighted by Crippen LogP contribution is -2.42. The second-order valence-corrected chi connectivity index (χ2v) is 7.45. The summed E-state index contributed by atoms with van der Waals surface area (Å²) in [6, 6.07) is 0. The van der Waals surface area contributed by atoms with E-state index in [9.17, 15) is 8.42 Å². The summed E-state index contributed by atoms with van der Waals surface area (Å²) in [5.74, 6) is 0. The standard InChI is InChI=1S/C11H26N2O3S/c1-11(2,17(4,14)15)10-13-7-5-6-12-8-9-16-3/h12-13H,5-10H2,1-4H3. The van der Waals surface area contributed by atoms with Crippen molar-refractivity contribution in [3.05, 3.63) is 0 Å². The van der Waals surface area contributed by atoms with Crippen LogP contribution in [0.4, 0.5) is 0 Å². The van der Waals surface area contributed by atoms with Crippen LogP contribution in [0, 0.1) is 0 Å². The molecule has 0 heterocycles. The summed E-state index contributed by atoms with van der Waals surface area (Å²) in [6.07, 6.45) is 2.25. The highest BCUT2D eigenvalue weighted by atomic mass is 32.2. The van der Waals surface area contributed by atoms with Gasteiger partial charge in [-0.05, 0) is 33.4 Å². The van der Waals surface area contributed by atoms with Gasteiger partial charge < -0.3 is 15.4 Å². The van der Waals surface area contributed by atoms with Gasteiger partial charge in [0.15, 0.2) is 9.84 Å². The minimum Gasteiger partial charge on any atom is -0.383 e. The van der Waals surface area contributed by atoms with Crippen molar-refractivity contribution >= 4 is 9.84 Å². The summed E-state index contributed by atoms with van der Waals surface area (Å²) >= 11 is 0. The first kappa shape index (κ1) is 16.8.